The number of hydrogen-bond acceptors (Lipinski definition) is 2. The van der Waals surface area contributed by atoms with Crippen LogP contribution in [0.4, 0.5) is 4.79 Å². The van der Waals surface area contributed by atoms with E-state index in [2.05, 4.69) is 26.3 Å². The van der Waals surface area contributed by atoms with E-state index in [1.165, 1.54) is 12.8 Å². The van der Waals surface area contributed by atoms with Crippen molar-refractivity contribution in [2.24, 2.45) is 0 Å². The molecule has 2 aromatic carbocycles. The summed E-state index contributed by atoms with van der Waals surface area (Å²) in [5.41, 5.74) is 3.23. The van der Waals surface area contributed by atoms with E-state index >= 15 is 0 Å². The van der Waals surface area contributed by atoms with Crippen LogP contribution in [-0.2, 0) is 13.1 Å². The molecule has 1 heterocycles. The van der Waals surface area contributed by atoms with E-state index in [9.17, 15) is 4.79 Å². The zero-order valence-corrected chi connectivity index (χ0v) is 13.4. The van der Waals surface area contributed by atoms with E-state index in [4.69, 9.17) is 0 Å². The molecule has 4 rings (SSSR count). The summed E-state index contributed by atoms with van der Waals surface area (Å²) in [6, 6.07) is 18.4. The Morgan fingerprint density at radius 2 is 1.71 bits per heavy atom. The maximum Gasteiger partial charge on any atom is 0.315 e. The Balaban J connectivity index is 1.41. The summed E-state index contributed by atoms with van der Waals surface area (Å²) < 4.78 is 2.27. The van der Waals surface area contributed by atoms with Crippen LogP contribution < -0.4 is 10.6 Å². The number of carbonyl (C=O) groups is 1. The van der Waals surface area contributed by atoms with Crippen molar-refractivity contribution in [1.82, 2.24) is 20.2 Å². The second-order valence-electron chi connectivity index (χ2n) is 6.14. The van der Waals surface area contributed by atoms with Crippen molar-refractivity contribution in [1.29, 1.82) is 0 Å². The Labute approximate surface area is 140 Å². The Bertz CT molecular complexity index is 852. The predicted molar refractivity (Wildman–Crippen MR) is 93.5 cm³/mol. The average Bonchev–Trinajstić information content (AvgIpc) is 3.39. The summed E-state index contributed by atoms with van der Waals surface area (Å²) in [5, 5.41) is 5.80. The number of carbonyl (C=O) groups excluding carboxylic acids is 1. The number of amides is 2. The second kappa shape index (κ2) is 6.35. The maximum atomic E-state index is 12.0. The van der Waals surface area contributed by atoms with E-state index in [0.29, 0.717) is 19.1 Å². The number of fused-ring (bicyclic) bond motifs is 1. The number of aromatic nitrogens is 2. The monoisotopic (exact) mass is 320 g/mol. The summed E-state index contributed by atoms with van der Waals surface area (Å²) in [6.45, 7) is 0.956. The van der Waals surface area contributed by atoms with Crippen LogP contribution in [0.3, 0.4) is 0 Å². The van der Waals surface area contributed by atoms with Gasteiger partial charge >= 0.3 is 6.03 Å². The van der Waals surface area contributed by atoms with Gasteiger partial charge in [0.1, 0.15) is 5.82 Å². The first-order valence-electron chi connectivity index (χ1n) is 8.33. The number of imidazole rings is 1. The van der Waals surface area contributed by atoms with Crippen LogP contribution in [0.25, 0.3) is 11.0 Å². The lowest BCUT2D eigenvalue weighted by atomic mass is 10.2. The molecule has 0 radical (unpaired) electrons. The molecule has 0 spiro atoms. The molecule has 1 aliphatic rings. The molecule has 24 heavy (non-hydrogen) atoms. The molecule has 0 saturated heterocycles. The summed E-state index contributed by atoms with van der Waals surface area (Å²) in [4.78, 5) is 16.7. The highest BCUT2D eigenvalue weighted by atomic mass is 16.2. The van der Waals surface area contributed by atoms with E-state index in [1.807, 2.05) is 48.5 Å². The van der Waals surface area contributed by atoms with Gasteiger partial charge in [-0.15, -0.1) is 0 Å². The van der Waals surface area contributed by atoms with Crippen LogP contribution in [0.5, 0.6) is 0 Å². The van der Waals surface area contributed by atoms with Crippen molar-refractivity contribution in [2.45, 2.75) is 32.0 Å². The van der Waals surface area contributed by atoms with Crippen molar-refractivity contribution in [2.75, 3.05) is 0 Å². The van der Waals surface area contributed by atoms with Crippen LogP contribution in [-0.4, -0.2) is 15.6 Å². The van der Waals surface area contributed by atoms with Crippen LogP contribution in [0.1, 0.15) is 30.3 Å². The van der Waals surface area contributed by atoms with Gasteiger partial charge in [-0.25, -0.2) is 9.78 Å². The predicted octanol–water partition coefficient (Wildman–Crippen LogP) is 3.37. The molecule has 0 bridgehead atoms. The van der Waals surface area contributed by atoms with E-state index in [-0.39, 0.29) is 6.03 Å². The van der Waals surface area contributed by atoms with Gasteiger partial charge in [0.2, 0.25) is 0 Å². The highest BCUT2D eigenvalue weighted by Crippen LogP contribution is 2.38. The fraction of sp³-hybridized carbons (Fsp3) is 0.263. The molecule has 5 heteroatoms. The molecule has 122 valence electrons. The van der Waals surface area contributed by atoms with Gasteiger partial charge < -0.3 is 15.2 Å². The Kier molecular flexibility index (Phi) is 3.91. The molecule has 2 N–H and O–H groups in total. The highest BCUT2D eigenvalue weighted by Gasteiger charge is 2.28. The summed E-state index contributed by atoms with van der Waals surface area (Å²) in [7, 11) is 0. The zero-order chi connectivity index (χ0) is 16.4. The molecule has 2 amide bonds. The Morgan fingerprint density at radius 3 is 2.50 bits per heavy atom. The third-order valence-corrected chi connectivity index (χ3v) is 4.28. The third kappa shape index (κ3) is 3.11. The minimum absolute atomic E-state index is 0.173. The number of benzene rings is 2. The average molecular weight is 320 g/mol. The van der Waals surface area contributed by atoms with Gasteiger partial charge in [0, 0.05) is 12.6 Å². The van der Waals surface area contributed by atoms with Gasteiger partial charge in [-0.05, 0) is 30.5 Å². The lowest BCUT2D eigenvalue weighted by Crippen LogP contribution is -2.35. The molecule has 1 aliphatic carbocycles. The van der Waals surface area contributed by atoms with Crippen molar-refractivity contribution in [3.8, 4) is 0 Å². The maximum absolute atomic E-state index is 12.0. The highest BCUT2D eigenvalue weighted by molar-refractivity contribution is 5.77. The molecule has 1 fully saturated rings. The molecule has 0 atom stereocenters. The van der Waals surface area contributed by atoms with E-state index < -0.39 is 0 Å². The smallest absolute Gasteiger partial charge is 0.315 e. The fourth-order valence-electron chi connectivity index (χ4n) is 2.96. The van der Waals surface area contributed by atoms with Gasteiger partial charge in [-0.3, -0.25) is 0 Å². The second-order valence-corrected chi connectivity index (χ2v) is 6.14. The topological polar surface area (TPSA) is 59.0 Å². The molecular weight excluding hydrogens is 300 g/mol. The first-order valence-corrected chi connectivity index (χ1v) is 8.33. The van der Waals surface area contributed by atoms with Gasteiger partial charge in [-0.2, -0.15) is 0 Å². The standard InChI is InChI=1S/C19H20N4O/c24-19(20-12-14-6-2-1-3-7-14)21-13-18-22-16-8-4-5-9-17(16)23(18)15-10-11-15/h1-9,15H,10-13H2,(H2,20,21,24). The molecule has 0 aliphatic heterocycles. The normalized spacial score (nSPS) is 13.8. The van der Waals surface area contributed by atoms with E-state index in [1.54, 1.807) is 0 Å². The number of para-hydroxylation sites is 2. The molecule has 3 aromatic rings. The molecule has 1 aromatic heterocycles. The number of nitrogens with one attached hydrogen (secondary N) is 2. The van der Waals surface area contributed by atoms with E-state index in [0.717, 1.165) is 22.4 Å². The quantitative estimate of drug-likeness (QED) is 0.757. The number of nitrogens with zero attached hydrogens (tertiary/aromatic N) is 2. The molecular formula is C19H20N4O. The van der Waals surface area contributed by atoms with Crippen LogP contribution >= 0.6 is 0 Å². The van der Waals surface area contributed by atoms with Crippen LogP contribution in [0, 0.1) is 0 Å². The lowest BCUT2D eigenvalue weighted by molar-refractivity contribution is 0.239. The molecule has 5 nitrogen and oxygen atoms in total. The number of rotatable bonds is 5. The minimum Gasteiger partial charge on any atom is -0.334 e. The van der Waals surface area contributed by atoms with Crippen LogP contribution in [0.2, 0.25) is 0 Å². The third-order valence-electron chi connectivity index (χ3n) is 4.28. The van der Waals surface area contributed by atoms with Crippen molar-refractivity contribution in [3.63, 3.8) is 0 Å². The lowest BCUT2D eigenvalue weighted by Gasteiger charge is -2.10. The summed E-state index contributed by atoms with van der Waals surface area (Å²) in [5.74, 6) is 0.925. The Hall–Kier alpha value is -2.82. The SMILES string of the molecule is O=C(NCc1ccccc1)NCc1nc2ccccc2n1C1CC1. The van der Waals surface area contributed by atoms with Gasteiger partial charge in [-0.1, -0.05) is 42.5 Å². The number of hydrogen-bond donors (Lipinski definition) is 2. The van der Waals surface area contributed by atoms with Gasteiger partial charge in [0.15, 0.2) is 0 Å². The molecule has 0 unspecified atom stereocenters. The van der Waals surface area contributed by atoms with Crippen LogP contribution in [0.15, 0.2) is 54.6 Å². The fourth-order valence-corrected chi connectivity index (χ4v) is 2.96. The van der Waals surface area contributed by atoms with Crippen molar-refractivity contribution >= 4 is 17.1 Å². The summed E-state index contributed by atoms with van der Waals surface area (Å²) in [6.07, 6.45) is 2.38. The van der Waals surface area contributed by atoms with Crippen molar-refractivity contribution < 1.29 is 4.79 Å². The first kappa shape index (κ1) is 14.8. The molecule has 1 saturated carbocycles. The van der Waals surface area contributed by atoms with Crippen molar-refractivity contribution in [3.05, 3.63) is 66.0 Å². The number of urea groups is 1. The van der Waals surface area contributed by atoms with Gasteiger partial charge in [0.05, 0.1) is 17.6 Å². The Morgan fingerprint density at radius 1 is 1.00 bits per heavy atom. The zero-order valence-electron chi connectivity index (χ0n) is 13.4. The minimum atomic E-state index is -0.173. The largest absolute Gasteiger partial charge is 0.334 e. The van der Waals surface area contributed by atoms with Gasteiger partial charge in [0.25, 0.3) is 0 Å². The summed E-state index contributed by atoms with van der Waals surface area (Å²) >= 11 is 0. The first-order chi connectivity index (χ1) is 11.8.